The lowest BCUT2D eigenvalue weighted by atomic mass is 10.1. The summed E-state index contributed by atoms with van der Waals surface area (Å²) < 4.78 is 13.3. The summed E-state index contributed by atoms with van der Waals surface area (Å²) in [7, 11) is 0. The molecule has 6 nitrogen and oxygen atoms in total. The van der Waals surface area contributed by atoms with E-state index in [0.717, 1.165) is 22.5 Å². The maximum atomic E-state index is 13.3. The molecule has 2 N–H and O–H groups in total. The molecule has 1 aromatic carbocycles. The number of halogens is 1. The summed E-state index contributed by atoms with van der Waals surface area (Å²) in [5, 5.41) is 10.0. The summed E-state index contributed by atoms with van der Waals surface area (Å²) in [5.74, 6) is -0.434. The first kappa shape index (κ1) is 18.1. The molecule has 2 aromatic rings. The van der Waals surface area contributed by atoms with Crippen LogP contribution in [0.25, 0.3) is 0 Å². The van der Waals surface area contributed by atoms with Gasteiger partial charge >= 0.3 is 0 Å². The first-order valence-corrected chi connectivity index (χ1v) is 8.74. The van der Waals surface area contributed by atoms with Crippen LogP contribution in [-0.2, 0) is 22.6 Å². The number of hydrogen-bond acceptors (Lipinski definition) is 3. The van der Waals surface area contributed by atoms with E-state index in [1.165, 1.54) is 12.1 Å². The third-order valence-corrected chi connectivity index (χ3v) is 4.78. The molecule has 1 fully saturated rings. The van der Waals surface area contributed by atoms with Gasteiger partial charge in [-0.2, -0.15) is 5.10 Å². The average molecular weight is 358 g/mol. The second-order valence-electron chi connectivity index (χ2n) is 6.79. The second-order valence-corrected chi connectivity index (χ2v) is 6.79. The van der Waals surface area contributed by atoms with Crippen molar-refractivity contribution in [3.8, 4) is 0 Å². The lowest BCUT2D eigenvalue weighted by Gasteiger charge is -2.17. The standard InChI is InChI=1S/C19H23FN4O2/c1-12-13(2)22-23-17(12)6-7-18(25)21-16-9-19(26)24(11-16)10-14-4-3-5-15(20)8-14/h3-5,8,16H,6-7,9-11H2,1-2H3,(H,21,25)(H,22,23)/t16-/m1/s1. The van der Waals surface area contributed by atoms with Crippen molar-refractivity contribution >= 4 is 11.8 Å². The Balaban J connectivity index is 1.49. The van der Waals surface area contributed by atoms with Crippen molar-refractivity contribution < 1.29 is 14.0 Å². The number of aromatic nitrogens is 2. The highest BCUT2D eigenvalue weighted by Crippen LogP contribution is 2.16. The molecule has 1 aliphatic heterocycles. The number of hydrogen-bond donors (Lipinski definition) is 2. The number of nitrogens with zero attached hydrogens (tertiary/aromatic N) is 2. The molecular formula is C19H23FN4O2. The normalized spacial score (nSPS) is 17.0. The predicted octanol–water partition coefficient (Wildman–Crippen LogP) is 2.02. The summed E-state index contributed by atoms with van der Waals surface area (Å²) >= 11 is 0. The van der Waals surface area contributed by atoms with Gasteiger partial charge in [-0.15, -0.1) is 0 Å². The van der Waals surface area contributed by atoms with Crippen molar-refractivity contribution in [2.45, 2.75) is 45.7 Å². The first-order valence-electron chi connectivity index (χ1n) is 8.74. The average Bonchev–Trinajstić information content (AvgIpc) is 3.09. The molecular weight excluding hydrogens is 335 g/mol. The minimum absolute atomic E-state index is 0.0293. The molecule has 0 spiro atoms. The summed E-state index contributed by atoms with van der Waals surface area (Å²) in [6, 6.07) is 6.01. The Labute approximate surface area is 151 Å². The number of likely N-dealkylation sites (tertiary alicyclic amines) is 1. The number of nitrogens with one attached hydrogen (secondary N) is 2. The van der Waals surface area contributed by atoms with Gasteiger partial charge in [0.05, 0.1) is 11.7 Å². The zero-order chi connectivity index (χ0) is 18.7. The molecule has 138 valence electrons. The van der Waals surface area contributed by atoms with Crippen LogP contribution >= 0.6 is 0 Å². The topological polar surface area (TPSA) is 78.1 Å². The molecule has 1 atom stereocenters. The molecule has 2 heterocycles. The lowest BCUT2D eigenvalue weighted by Crippen LogP contribution is -2.37. The Morgan fingerprint density at radius 2 is 2.23 bits per heavy atom. The van der Waals surface area contributed by atoms with Gasteiger partial charge in [0.25, 0.3) is 0 Å². The van der Waals surface area contributed by atoms with Gasteiger partial charge in [0.2, 0.25) is 11.8 Å². The maximum Gasteiger partial charge on any atom is 0.225 e. The molecule has 1 saturated heterocycles. The van der Waals surface area contributed by atoms with E-state index in [1.54, 1.807) is 17.0 Å². The van der Waals surface area contributed by atoms with Crippen LogP contribution in [0.5, 0.6) is 0 Å². The lowest BCUT2D eigenvalue weighted by molar-refractivity contribution is -0.128. The third-order valence-electron chi connectivity index (χ3n) is 4.78. The van der Waals surface area contributed by atoms with Crippen molar-refractivity contribution in [3.63, 3.8) is 0 Å². The van der Waals surface area contributed by atoms with Crippen LogP contribution in [0.3, 0.4) is 0 Å². The zero-order valence-corrected chi connectivity index (χ0v) is 15.0. The number of carbonyl (C=O) groups excluding carboxylic acids is 2. The second kappa shape index (κ2) is 7.68. The molecule has 0 unspecified atom stereocenters. The van der Waals surface area contributed by atoms with E-state index in [-0.39, 0.29) is 30.1 Å². The molecule has 3 rings (SSSR count). The van der Waals surface area contributed by atoms with Gasteiger partial charge in [-0.05, 0) is 37.1 Å². The quantitative estimate of drug-likeness (QED) is 0.829. The molecule has 26 heavy (non-hydrogen) atoms. The van der Waals surface area contributed by atoms with Gasteiger partial charge in [0, 0.05) is 38.0 Å². The van der Waals surface area contributed by atoms with E-state index in [1.807, 2.05) is 13.8 Å². The summed E-state index contributed by atoms with van der Waals surface area (Å²) in [4.78, 5) is 26.0. The Morgan fingerprint density at radius 3 is 2.92 bits per heavy atom. The highest BCUT2D eigenvalue weighted by molar-refractivity contribution is 5.82. The highest BCUT2D eigenvalue weighted by atomic mass is 19.1. The first-order chi connectivity index (χ1) is 12.4. The highest BCUT2D eigenvalue weighted by Gasteiger charge is 2.30. The van der Waals surface area contributed by atoms with Crippen LogP contribution in [0.15, 0.2) is 24.3 Å². The number of aromatic amines is 1. The summed E-state index contributed by atoms with van der Waals surface area (Å²) in [5.41, 5.74) is 3.73. The van der Waals surface area contributed by atoms with Crippen molar-refractivity contribution in [1.82, 2.24) is 20.4 Å². The van der Waals surface area contributed by atoms with Crippen LogP contribution in [0, 0.1) is 19.7 Å². The van der Waals surface area contributed by atoms with E-state index in [9.17, 15) is 14.0 Å². The summed E-state index contributed by atoms with van der Waals surface area (Å²) in [6.45, 7) is 4.73. The molecule has 1 aliphatic rings. The number of benzene rings is 1. The molecule has 0 radical (unpaired) electrons. The summed E-state index contributed by atoms with van der Waals surface area (Å²) in [6.07, 6.45) is 1.18. The number of rotatable bonds is 6. The van der Waals surface area contributed by atoms with Crippen molar-refractivity contribution in [2.75, 3.05) is 6.54 Å². The number of amides is 2. The Kier molecular flexibility index (Phi) is 5.35. The van der Waals surface area contributed by atoms with Crippen LogP contribution in [0.2, 0.25) is 0 Å². The molecule has 7 heteroatoms. The van der Waals surface area contributed by atoms with Gasteiger partial charge in [-0.25, -0.2) is 4.39 Å². The van der Waals surface area contributed by atoms with Crippen LogP contribution in [-0.4, -0.2) is 39.5 Å². The Morgan fingerprint density at radius 1 is 1.42 bits per heavy atom. The Hall–Kier alpha value is -2.70. The molecule has 0 aliphatic carbocycles. The van der Waals surface area contributed by atoms with Crippen molar-refractivity contribution in [3.05, 3.63) is 52.6 Å². The zero-order valence-electron chi connectivity index (χ0n) is 15.0. The fourth-order valence-electron chi connectivity index (χ4n) is 3.19. The largest absolute Gasteiger partial charge is 0.351 e. The van der Waals surface area contributed by atoms with Gasteiger partial charge < -0.3 is 10.2 Å². The molecule has 0 saturated carbocycles. The van der Waals surface area contributed by atoms with Crippen LogP contribution < -0.4 is 5.32 Å². The fraction of sp³-hybridized carbons (Fsp3) is 0.421. The molecule has 1 aromatic heterocycles. The Bertz CT molecular complexity index is 818. The number of H-pyrrole nitrogens is 1. The maximum absolute atomic E-state index is 13.3. The van der Waals surface area contributed by atoms with Gasteiger partial charge in [0.1, 0.15) is 5.82 Å². The van der Waals surface area contributed by atoms with Gasteiger partial charge in [0.15, 0.2) is 0 Å². The monoisotopic (exact) mass is 358 g/mol. The molecule has 0 bridgehead atoms. The fourth-order valence-corrected chi connectivity index (χ4v) is 3.19. The number of carbonyl (C=O) groups is 2. The number of aryl methyl sites for hydroxylation is 2. The van der Waals surface area contributed by atoms with E-state index < -0.39 is 0 Å². The van der Waals surface area contributed by atoms with Crippen molar-refractivity contribution in [2.24, 2.45) is 0 Å². The predicted molar refractivity (Wildman–Crippen MR) is 94.7 cm³/mol. The SMILES string of the molecule is Cc1[nH]nc(CCC(=O)N[C@@H]2CC(=O)N(Cc3cccc(F)c3)C2)c1C. The van der Waals surface area contributed by atoms with E-state index >= 15 is 0 Å². The van der Waals surface area contributed by atoms with E-state index in [2.05, 4.69) is 15.5 Å². The minimum Gasteiger partial charge on any atom is -0.351 e. The third kappa shape index (κ3) is 4.28. The van der Waals surface area contributed by atoms with E-state index in [0.29, 0.717) is 25.9 Å². The van der Waals surface area contributed by atoms with Gasteiger partial charge in [-0.1, -0.05) is 12.1 Å². The molecule has 2 amide bonds. The minimum atomic E-state index is -0.317. The van der Waals surface area contributed by atoms with Gasteiger partial charge in [-0.3, -0.25) is 14.7 Å². The van der Waals surface area contributed by atoms with Crippen LogP contribution in [0.1, 0.15) is 35.4 Å². The smallest absolute Gasteiger partial charge is 0.225 e. The van der Waals surface area contributed by atoms with E-state index in [4.69, 9.17) is 0 Å². The van der Waals surface area contributed by atoms with Crippen LogP contribution in [0.4, 0.5) is 4.39 Å². The van der Waals surface area contributed by atoms with Crippen molar-refractivity contribution in [1.29, 1.82) is 0 Å².